The van der Waals surface area contributed by atoms with Crippen molar-refractivity contribution in [3.63, 3.8) is 0 Å². The van der Waals surface area contributed by atoms with Crippen LogP contribution in [-0.4, -0.2) is 23.7 Å². The average molecular weight is 505 g/mol. The van der Waals surface area contributed by atoms with Gasteiger partial charge in [-0.1, -0.05) is 78.3 Å². The molecule has 0 aliphatic carbocycles. The Hall–Kier alpha value is -2.74. The van der Waals surface area contributed by atoms with E-state index in [1.165, 1.54) is 25.1 Å². The fourth-order valence-electron chi connectivity index (χ4n) is 2.87. The number of hydrogen-bond donors (Lipinski definition) is 0. The third-order valence-electron chi connectivity index (χ3n) is 4.56. The molecule has 1 heterocycles. The Morgan fingerprint density at radius 3 is 1.97 bits per heavy atom. The van der Waals surface area contributed by atoms with Gasteiger partial charge in [-0.3, -0.25) is 18.5 Å². The molecule has 0 fully saturated rings. The molecule has 0 aliphatic heterocycles. The molecule has 3 aromatic rings. The van der Waals surface area contributed by atoms with Crippen molar-refractivity contribution in [1.29, 1.82) is 0 Å². The molecule has 180 valence electrons. The van der Waals surface area contributed by atoms with Crippen LogP contribution in [0.25, 0.3) is 0 Å². The Bertz CT molecular complexity index is 1050. The summed E-state index contributed by atoms with van der Waals surface area (Å²) >= 11 is 5.75. The fourth-order valence-corrected chi connectivity index (χ4v) is 4.08. The van der Waals surface area contributed by atoms with Gasteiger partial charge in [-0.05, 0) is 24.1 Å². The molecule has 1 atom stereocenters. The van der Waals surface area contributed by atoms with Crippen molar-refractivity contribution in [2.75, 3.05) is 11.9 Å². The monoisotopic (exact) mass is 504 g/mol. The molecule has 1 unspecified atom stereocenters. The summed E-state index contributed by atoms with van der Waals surface area (Å²) < 4.78 is 35.4. The van der Waals surface area contributed by atoms with Crippen LogP contribution in [0, 0.1) is 0 Å². The van der Waals surface area contributed by atoms with Crippen LogP contribution in [-0.2, 0) is 42.7 Å². The van der Waals surface area contributed by atoms with Gasteiger partial charge in [0.2, 0.25) is 0 Å². The maximum atomic E-state index is 13.5. The average Bonchev–Trinajstić information content (AvgIpc) is 2.86. The van der Waals surface area contributed by atoms with Gasteiger partial charge in [0.15, 0.2) is 5.56 Å². The molecule has 0 spiro atoms. The topological polar surface area (TPSA) is 87.2 Å². The van der Waals surface area contributed by atoms with Gasteiger partial charge < -0.3 is 4.74 Å². The Balaban J connectivity index is 1.74. The number of hydrogen-bond acceptors (Lipinski definition) is 7. The lowest BCUT2D eigenvalue weighted by atomic mass is 10.2. The summed E-state index contributed by atoms with van der Waals surface area (Å²) in [5.74, 6) is 0.266. The van der Waals surface area contributed by atoms with E-state index in [4.69, 9.17) is 29.9 Å². The maximum absolute atomic E-state index is 13.5. The number of nitrogens with zero attached hydrogens (tertiary/aromatic N) is 2. The molecule has 8 nitrogen and oxygen atoms in total. The molecular weight excluding hydrogens is 479 g/mol. The summed E-state index contributed by atoms with van der Waals surface area (Å²) in [5, 5.41) is 0. The van der Waals surface area contributed by atoms with E-state index < -0.39 is 19.5 Å². The molecule has 0 radical (unpaired) electrons. The standard InChI is InChI=1S/C24H26ClN2O6P/c1-19(25)33-24(28)27(2)23-22(14-9-15-26-23)18-32-34(29,30-16-20-10-5-3-6-11-20)31-17-21-12-7-4-8-13-21/h3-15,19H,16-18H2,1-2H3. The van der Waals surface area contributed by atoms with Crippen LogP contribution < -0.4 is 4.90 Å². The van der Waals surface area contributed by atoms with E-state index in [-0.39, 0.29) is 25.6 Å². The van der Waals surface area contributed by atoms with Crippen LogP contribution in [0.3, 0.4) is 0 Å². The molecule has 0 bridgehead atoms. The Morgan fingerprint density at radius 1 is 0.912 bits per heavy atom. The van der Waals surface area contributed by atoms with Crippen LogP contribution in [0.5, 0.6) is 0 Å². The lowest BCUT2D eigenvalue weighted by Gasteiger charge is -2.21. The number of amides is 1. The van der Waals surface area contributed by atoms with Crippen molar-refractivity contribution >= 4 is 31.3 Å². The molecule has 2 aromatic carbocycles. The lowest BCUT2D eigenvalue weighted by molar-refractivity contribution is 0.0979. The number of alkyl halides is 1. The molecule has 0 saturated carbocycles. The van der Waals surface area contributed by atoms with E-state index >= 15 is 0 Å². The molecular formula is C24H26ClN2O6P. The van der Waals surface area contributed by atoms with E-state index in [1.54, 1.807) is 12.1 Å². The molecule has 0 saturated heterocycles. The van der Waals surface area contributed by atoms with Crippen LogP contribution in [0.1, 0.15) is 23.6 Å². The summed E-state index contributed by atoms with van der Waals surface area (Å²) in [6.07, 6.45) is 0.829. The minimum absolute atomic E-state index is 0.0344. The highest BCUT2D eigenvalue weighted by Gasteiger charge is 2.29. The van der Waals surface area contributed by atoms with Crippen molar-refractivity contribution < 1.29 is 27.7 Å². The third-order valence-corrected chi connectivity index (χ3v) is 5.99. The second-order valence-corrected chi connectivity index (χ2v) is 9.49. The first-order valence-electron chi connectivity index (χ1n) is 10.5. The minimum atomic E-state index is -4.00. The first-order valence-corrected chi connectivity index (χ1v) is 12.4. The predicted molar refractivity (Wildman–Crippen MR) is 129 cm³/mol. The fraction of sp³-hybridized carbons (Fsp3) is 0.250. The van der Waals surface area contributed by atoms with Crippen LogP contribution >= 0.6 is 19.4 Å². The number of halogens is 1. The normalized spacial score (nSPS) is 12.2. The molecule has 0 N–H and O–H groups in total. The highest BCUT2D eigenvalue weighted by molar-refractivity contribution is 7.48. The lowest BCUT2D eigenvalue weighted by Crippen LogP contribution is -2.30. The number of carbonyl (C=O) groups is 1. The van der Waals surface area contributed by atoms with Gasteiger partial charge in [0.05, 0.1) is 19.8 Å². The second kappa shape index (κ2) is 12.6. The van der Waals surface area contributed by atoms with Crippen molar-refractivity contribution in [2.45, 2.75) is 32.3 Å². The number of rotatable bonds is 11. The number of phosphoric ester groups is 1. The zero-order chi connectivity index (χ0) is 24.4. The zero-order valence-electron chi connectivity index (χ0n) is 18.9. The Morgan fingerprint density at radius 2 is 1.44 bits per heavy atom. The van der Waals surface area contributed by atoms with Gasteiger partial charge in [-0.15, -0.1) is 0 Å². The third kappa shape index (κ3) is 7.94. The number of ether oxygens (including phenoxy) is 1. The summed E-state index contributed by atoms with van der Waals surface area (Å²) in [5.41, 5.74) is 1.30. The van der Waals surface area contributed by atoms with E-state index in [0.29, 0.717) is 5.56 Å². The van der Waals surface area contributed by atoms with Gasteiger partial charge >= 0.3 is 13.9 Å². The van der Waals surface area contributed by atoms with Gasteiger partial charge in [-0.2, -0.15) is 0 Å². The first-order chi connectivity index (χ1) is 16.4. The van der Waals surface area contributed by atoms with Crippen molar-refractivity contribution in [2.24, 2.45) is 0 Å². The highest BCUT2D eigenvalue weighted by Crippen LogP contribution is 2.52. The number of aromatic nitrogens is 1. The molecule has 1 aromatic heterocycles. The largest absolute Gasteiger partial charge is 0.475 e. The maximum Gasteiger partial charge on any atom is 0.475 e. The molecule has 0 aliphatic rings. The molecule has 3 rings (SSSR count). The summed E-state index contributed by atoms with van der Waals surface area (Å²) in [7, 11) is -2.50. The number of pyridine rings is 1. The van der Waals surface area contributed by atoms with E-state index in [2.05, 4.69) is 4.98 Å². The zero-order valence-corrected chi connectivity index (χ0v) is 20.5. The molecule has 1 amide bonds. The number of benzene rings is 2. The quantitative estimate of drug-likeness (QED) is 0.224. The van der Waals surface area contributed by atoms with Crippen molar-refractivity contribution in [1.82, 2.24) is 4.98 Å². The second-order valence-electron chi connectivity index (χ2n) is 7.21. The predicted octanol–water partition coefficient (Wildman–Crippen LogP) is 6.30. The van der Waals surface area contributed by atoms with Crippen molar-refractivity contribution in [3.8, 4) is 0 Å². The van der Waals surface area contributed by atoms with E-state index in [1.807, 2.05) is 60.7 Å². The first kappa shape index (κ1) is 25.9. The van der Waals surface area contributed by atoms with Crippen molar-refractivity contribution in [3.05, 3.63) is 95.7 Å². The summed E-state index contributed by atoms with van der Waals surface area (Å²) in [6, 6.07) is 21.9. The number of anilines is 1. The Labute approximate surface area is 204 Å². The summed E-state index contributed by atoms with van der Waals surface area (Å²) in [4.78, 5) is 17.7. The van der Waals surface area contributed by atoms with Crippen LogP contribution in [0.15, 0.2) is 79.0 Å². The smallest absolute Gasteiger partial charge is 0.430 e. The van der Waals surface area contributed by atoms with Crippen LogP contribution in [0.4, 0.5) is 10.6 Å². The van der Waals surface area contributed by atoms with Gasteiger partial charge in [0.25, 0.3) is 0 Å². The highest BCUT2D eigenvalue weighted by atomic mass is 35.5. The minimum Gasteiger partial charge on any atom is -0.430 e. The van der Waals surface area contributed by atoms with Crippen LogP contribution in [0.2, 0.25) is 0 Å². The number of phosphoric acid groups is 1. The molecule has 34 heavy (non-hydrogen) atoms. The van der Waals surface area contributed by atoms with Gasteiger partial charge in [-0.25, -0.2) is 14.3 Å². The van der Waals surface area contributed by atoms with Gasteiger partial charge in [0, 0.05) is 18.8 Å². The van der Waals surface area contributed by atoms with Gasteiger partial charge in [0.1, 0.15) is 5.82 Å². The van der Waals surface area contributed by atoms with E-state index in [0.717, 1.165) is 11.1 Å². The summed E-state index contributed by atoms with van der Waals surface area (Å²) in [6.45, 7) is 1.41. The molecule has 10 heteroatoms. The number of carbonyl (C=O) groups excluding carboxylic acids is 1. The Kier molecular flexibility index (Phi) is 9.62. The van der Waals surface area contributed by atoms with E-state index in [9.17, 15) is 9.36 Å². The SMILES string of the molecule is CC(Cl)OC(=O)N(C)c1ncccc1COP(=O)(OCc1ccccc1)OCc1ccccc1.